The number of hydrogen-bond donors (Lipinski definition) is 3. The highest BCUT2D eigenvalue weighted by atomic mass is 16.3. The van der Waals surface area contributed by atoms with Gasteiger partial charge in [0.25, 0.3) is 5.56 Å². The first-order valence-electron chi connectivity index (χ1n) is 6.24. The summed E-state index contributed by atoms with van der Waals surface area (Å²) in [6.45, 7) is 2.57. The number of aliphatic hydroxyl groups excluding tert-OH is 1. The number of anilines is 1. The fraction of sp³-hybridized carbons (Fsp3) is 0.286. The van der Waals surface area contributed by atoms with Gasteiger partial charge in [-0.25, -0.2) is 4.98 Å². The topological polar surface area (TPSA) is 78.0 Å². The molecule has 3 N–H and O–H groups in total. The van der Waals surface area contributed by atoms with E-state index in [-0.39, 0.29) is 12.2 Å². The summed E-state index contributed by atoms with van der Waals surface area (Å²) >= 11 is 0. The van der Waals surface area contributed by atoms with E-state index in [0.29, 0.717) is 24.6 Å². The van der Waals surface area contributed by atoms with E-state index in [4.69, 9.17) is 5.11 Å². The van der Waals surface area contributed by atoms with Gasteiger partial charge in [0.2, 0.25) is 0 Å². The second-order valence-electron chi connectivity index (χ2n) is 4.26. The summed E-state index contributed by atoms with van der Waals surface area (Å²) in [5, 5.41) is 12.1. The van der Waals surface area contributed by atoms with Crippen LogP contribution in [0.1, 0.15) is 23.9 Å². The van der Waals surface area contributed by atoms with Gasteiger partial charge in [-0.15, -0.1) is 0 Å². The minimum atomic E-state index is -0.148. The Labute approximate surface area is 111 Å². The van der Waals surface area contributed by atoms with Crippen molar-refractivity contribution >= 4 is 5.82 Å². The molecule has 0 spiro atoms. The van der Waals surface area contributed by atoms with Crippen LogP contribution in [0, 0.1) is 0 Å². The van der Waals surface area contributed by atoms with Gasteiger partial charge in [-0.1, -0.05) is 31.2 Å². The molecular formula is C14H17N3O2. The third-order valence-electron chi connectivity index (χ3n) is 2.80. The van der Waals surface area contributed by atoms with E-state index in [2.05, 4.69) is 15.3 Å². The molecule has 0 aliphatic carbocycles. The summed E-state index contributed by atoms with van der Waals surface area (Å²) in [6.07, 6.45) is 0.690. The summed E-state index contributed by atoms with van der Waals surface area (Å²) in [7, 11) is 0. The van der Waals surface area contributed by atoms with Crippen molar-refractivity contribution in [2.45, 2.75) is 26.5 Å². The highest BCUT2D eigenvalue weighted by Crippen LogP contribution is 2.07. The molecule has 0 bridgehead atoms. The van der Waals surface area contributed by atoms with Crippen molar-refractivity contribution in [3.63, 3.8) is 0 Å². The molecule has 100 valence electrons. The number of H-pyrrole nitrogens is 1. The van der Waals surface area contributed by atoms with Gasteiger partial charge in [-0.05, 0) is 11.1 Å². The fourth-order valence-electron chi connectivity index (χ4n) is 1.72. The lowest BCUT2D eigenvalue weighted by molar-refractivity contribution is 0.282. The number of aliphatic hydroxyl groups is 1. The summed E-state index contributed by atoms with van der Waals surface area (Å²) < 4.78 is 0. The lowest BCUT2D eigenvalue weighted by Gasteiger charge is -2.07. The number of aryl methyl sites for hydroxylation is 1. The first kappa shape index (κ1) is 13.3. The Bertz CT molecular complexity index is 590. The first-order valence-corrected chi connectivity index (χ1v) is 6.24. The van der Waals surface area contributed by atoms with Crippen molar-refractivity contribution in [1.82, 2.24) is 9.97 Å². The molecule has 0 unspecified atom stereocenters. The van der Waals surface area contributed by atoms with Crippen LogP contribution >= 0.6 is 0 Å². The largest absolute Gasteiger partial charge is 0.392 e. The molecule has 2 rings (SSSR count). The minimum Gasteiger partial charge on any atom is -0.392 e. The van der Waals surface area contributed by atoms with Crippen molar-refractivity contribution in [2.75, 3.05) is 5.32 Å². The van der Waals surface area contributed by atoms with Crippen molar-refractivity contribution in [1.29, 1.82) is 0 Å². The molecule has 0 saturated heterocycles. The third kappa shape index (κ3) is 3.66. The van der Waals surface area contributed by atoms with Crippen LogP contribution in [0.2, 0.25) is 0 Å². The normalized spacial score (nSPS) is 10.4. The summed E-state index contributed by atoms with van der Waals surface area (Å²) in [4.78, 5) is 18.4. The van der Waals surface area contributed by atoms with Crippen LogP contribution in [0.3, 0.4) is 0 Å². The Hall–Kier alpha value is -2.14. The number of aromatic amines is 1. The number of nitrogens with zero attached hydrogens (tertiary/aromatic N) is 1. The Morgan fingerprint density at radius 2 is 1.95 bits per heavy atom. The van der Waals surface area contributed by atoms with Gasteiger partial charge in [0.1, 0.15) is 11.6 Å². The predicted molar refractivity (Wildman–Crippen MR) is 73.9 cm³/mol. The van der Waals surface area contributed by atoms with E-state index in [1.165, 1.54) is 6.07 Å². The molecule has 0 saturated carbocycles. The second-order valence-corrected chi connectivity index (χ2v) is 4.26. The number of aromatic nitrogens is 2. The van der Waals surface area contributed by atoms with Crippen LogP contribution in [0.25, 0.3) is 0 Å². The van der Waals surface area contributed by atoms with E-state index in [9.17, 15) is 4.79 Å². The molecule has 5 nitrogen and oxygen atoms in total. The van der Waals surface area contributed by atoms with Crippen LogP contribution in [0.4, 0.5) is 5.82 Å². The van der Waals surface area contributed by atoms with Gasteiger partial charge >= 0.3 is 0 Å². The molecular weight excluding hydrogens is 242 g/mol. The molecule has 1 heterocycles. The van der Waals surface area contributed by atoms with Crippen molar-refractivity contribution < 1.29 is 5.11 Å². The average Bonchev–Trinajstić information content (AvgIpc) is 2.45. The zero-order valence-corrected chi connectivity index (χ0v) is 10.8. The van der Waals surface area contributed by atoms with Crippen LogP contribution in [-0.4, -0.2) is 15.1 Å². The average molecular weight is 259 g/mol. The highest BCUT2D eigenvalue weighted by molar-refractivity contribution is 5.35. The summed E-state index contributed by atoms with van der Waals surface area (Å²) in [5.41, 5.74) is 1.80. The summed E-state index contributed by atoms with van der Waals surface area (Å²) in [6, 6.07) is 9.07. The number of benzene rings is 1. The highest BCUT2D eigenvalue weighted by Gasteiger charge is 2.00. The van der Waals surface area contributed by atoms with Crippen LogP contribution in [-0.2, 0) is 19.6 Å². The van der Waals surface area contributed by atoms with Gasteiger partial charge in [0, 0.05) is 19.0 Å². The Kier molecular flexibility index (Phi) is 4.30. The minimum absolute atomic E-state index is 0.0448. The quantitative estimate of drug-likeness (QED) is 0.759. The monoisotopic (exact) mass is 259 g/mol. The predicted octanol–water partition coefficient (Wildman–Crippen LogP) is 1.44. The van der Waals surface area contributed by atoms with E-state index >= 15 is 0 Å². The molecule has 0 aliphatic heterocycles. The van der Waals surface area contributed by atoms with E-state index in [1.54, 1.807) is 0 Å². The molecule has 0 atom stereocenters. The van der Waals surface area contributed by atoms with Crippen molar-refractivity contribution in [2.24, 2.45) is 0 Å². The number of hydrogen-bond acceptors (Lipinski definition) is 4. The van der Waals surface area contributed by atoms with Crippen LogP contribution in [0.15, 0.2) is 35.1 Å². The SMILES string of the molecule is CCc1nc(NCc2ccc(CO)cc2)cc(=O)[nH]1. The molecule has 5 heteroatoms. The van der Waals surface area contributed by atoms with Crippen LogP contribution in [0.5, 0.6) is 0 Å². The van der Waals surface area contributed by atoms with Gasteiger partial charge in [-0.2, -0.15) is 0 Å². The van der Waals surface area contributed by atoms with Gasteiger partial charge in [0.15, 0.2) is 0 Å². The molecule has 0 fully saturated rings. The maximum Gasteiger partial charge on any atom is 0.252 e. The standard InChI is InChI=1S/C14H17N3O2/c1-2-12-16-13(7-14(19)17-12)15-8-10-3-5-11(9-18)6-4-10/h3-7,18H,2,8-9H2,1H3,(H2,15,16,17,19). The number of nitrogens with one attached hydrogen (secondary N) is 2. The van der Waals surface area contributed by atoms with Gasteiger partial charge in [0.05, 0.1) is 6.61 Å². The zero-order chi connectivity index (χ0) is 13.7. The maximum absolute atomic E-state index is 11.4. The lowest BCUT2D eigenvalue weighted by Crippen LogP contribution is -2.13. The van der Waals surface area contributed by atoms with Crippen molar-refractivity contribution in [3.05, 3.63) is 57.6 Å². The van der Waals surface area contributed by atoms with Gasteiger partial charge < -0.3 is 15.4 Å². The molecule has 0 aliphatic rings. The number of rotatable bonds is 5. The zero-order valence-electron chi connectivity index (χ0n) is 10.8. The smallest absolute Gasteiger partial charge is 0.252 e. The molecule has 0 radical (unpaired) electrons. The maximum atomic E-state index is 11.4. The fourth-order valence-corrected chi connectivity index (χ4v) is 1.72. The van der Waals surface area contributed by atoms with Gasteiger partial charge in [-0.3, -0.25) is 4.79 Å². The summed E-state index contributed by atoms with van der Waals surface area (Å²) in [5.74, 6) is 1.25. The third-order valence-corrected chi connectivity index (χ3v) is 2.80. The molecule has 19 heavy (non-hydrogen) atoms. The van der Waals surface area contributed by atoms with Crippen LogP contribution < -0.4 is 10.9 Å². The second kappa shape index (κ2) is 6.15. The van der Waals surface area contributed by atoms with E-state index in [0.717, 1.165) is 11.1 Å². The lowest BCUT2D eigenvalue weighted by atomic mass is 10.1. The van der Waals surface area contributed by atoms with Crippen molar-refractivity contribution in [3.8, 4) is 0 Å². The van der Waals surface area contributed by atoms with E-state index in [1.807, 2.05) is 31.2 Å². The molecule has 0 amide bonds. The molecule has 1 aromatic carbocycles. The van der Waals surface area contributed by atoms with E-state index < -0.39 is 0 Å². The Morgan fingerprint density at radius 3 is 2.58 bits per heavy atom. The Morgan fingerprint density at radius 1 is 1.26 bits per heavy atom. The Balaban J connectivity index is 2.05. The molecule has 1 aromatic heterocycles. The molecule has 2 aromatic rings. The first-order chi connectivity index (χ1) is 9.21.